The van der Waals surface area contributed by atoms with Gasteiger partial charge in [0.1, 0.15) is 6.07 Å². The van der Waals surface area contributed by atoms with E-state index in [9.17, 15) is 25.5 Å². The van der Waals surface area contributed by atoms with E-state index in [0.29, 0.717) is 59.5 Å². The molecule has 0 unspecified atom stereocenters. The zero-order valence-corrected chi connectivity index (χ0v) is 23.9. The van der Waals surface area contributed by atoms with Crippen molar-refractivity contribution in [1.82, 2.24) is 29.8 Å². The van der Waals surface area contributed by atoms with Crippen molar-refractivity contribution >= 4 is 46.5 Å². The third-order valence-electron chi connectivity index (χ3n) is 6.76. The number of piperidine rings is 1. The van der Waals surface area contributed by atoms with Crippen molar-refractivity contribution in [2.75, 3.05) is 48.8 Å². The molecule has 1 aromatic carbocycles. The normalized spacial score (nSPS) is 17.1. The third-order valence-corrected chi connectivity index (χ3v) is 7.16. The van der Waals surface area contributed by atoms with Crippen molar-refractivity contribution < 1.29 is 15.0 Å². The number of fused-ring (bicyclic) bond motifs is 1. The number of nitrogens with one attached hydrogen (secondary N) is 3. The van der Waals surface area contributed by atoms with E-state index in [1.54, 1.807) is 26.0 Å². The number of anilines is 4. The Hall–Kier alpha value is -4.37. The van der Waals surface area contributed by atoms with Crippen LogP contribution in [-0.2, 0) is 0 Å². The van der Waals surface area contributed by atoms with E-state index in [2.05, 4.69) is 43.2 Å². The van der Waals surface area contributed by atoms with Gasteiger partial charge >= 0.3 is 6.09 Å². The van der Waals surface area contributed by atoms with Gasteiger partial charge in [0.2, 0.25) is 5.95 Å². The van der Waals surface area contributed by atoms with Crippen LogP contribution in [0, 0.1) is 22.7 Å². The topological polar surface area (TPSA) is 191 Å². The lowest BCUT2D eigenvalue weighted by atomic mass is 9.96. The number of imidazole rings is 1. The van der Waals surface area contributed by atoms with Crippen LogP contribution < -0.4 is 20.9 Å². The van der Waals surface area contributed by atoms with Gasteiger partial charge < -0.3 is 36.0 Å². The van der Waals surface area contributed by atoms with Crippen LogP contribution in [-0.4, -0.2) is 91.7 Å². The number of benzene rings is 1. The molecule has 0 saturated carbocycles. The van der Waals surface area contributed by atoms with Crippen LogP contribution in [0.25, 0.3) is 5.65 Å². The van der Waals surface area contributed by atoms with E-state index in [-0.39, 0.29) is 30.3 Å². The predicted octanol–water partition coefficient (Wildman–Crippen LogP) is 2.61. The maximum absolute atomic E-state index is 11.8. The van der Waals surface area contributed by atoms with Gasteiger partial charge in [0, 0.05) is 39.3 Å². The molecule has 1 saturated heterocycles. The van der Waals surface area contributed by atoms with E-state index in [4.69, 9.17) is 11.6 Å². The van der Waals surface area contributed by atoms with Crippen LogP contribution in [0.15, 0.2) is 18.3 Å². The molecule has 0 aliphatic carbocycles. The van der Waals surface area contributed by atoms with Crippen molar-refractivity contribution in [2.24, 2.45) is 0 Å². The van der Waals surface area contributed by atoms with Gasteiger partial charge in [-0.3, -0.25) is 0 Å². The number of nitrogens with zero attached hydrogens (tertiary/aromatic N) is 8. The third kappa shape index (κ3) is 6.52. The van der Waals surface area contributed by atoms with Gasteiger partial charge in [0.15, 0.2) is 17.2 Å². The molecule has 2 atom stereocenters. The van der Waals surface area contributed by atoms with Crippen LogP contribution >= 0.6 is 11.6 Å². The van der Waals surface area contributed by atoms with E-state index in [1.165, 1.54) is 22.7 Å². The minimum atomic E-state index is -1.04. The van der Waals surface area contributed by atoms with E-state index in [0.717, 1.165) is 0 Å². The van der Waals surface area contributed by atoms with E-state index in [1.807, 2.05) is 11.8 Å². The molecule has 1 aliphatic rings. The summed E-state index contributed by atoms with van der Waals surface area (Å²) >= 11 is 6.90. The molecular formula is C26H32ClN11O3. The number of rotatable bonds is 9. The average Bonchev–Trinajstić information content (AvgIpc) is 3.35. The number of carbonyl (C=O) groups is 1. The zero-order chi connectivity index (χ0) is 29.9. The summed E-state index contributed by atoms with van der Waals surface area (Å²) in [7, 11) is 1.53. The molecule has 3 heterocycles. The molecule has 41 heavy (non-hydrogen) atoms. The summed E-state index contributed by atoms with van der Waals surface area (Å²) in [5, 5.41) is 53.4. The second-order valence-corrected chi connectivity index (χ2v) is 10.8. The second-order valence-electron chi connectivity index (χ2n) is 10.4. The van der Waals surface area contributed by atoms with Crippen molar-refractivity contribution in [1.29, 1.82) is 10.5 Å². The van der Waals surface area contributed by atoms with Crippen LogP contribution in [0.4, 0.5) is 27.9 Å². The molecular weight excluding hydrogens is 550 g/mol. The van der Waals surface area contributed by atoms with Gasteiger partial charge in [0.05, 0.1) is 45.9 Å². The summed E-state index contributed by atoms with van der Waals surface area (Å²) in [5.41, 5.74) is 0.911. The lowest BCUT2D eigenvalue weighted by Gasteiger charge is -2.44. The summed E-state index contributed by atoms with van der Waals surface area (Å²) in [4.78, 5) is 23.7. The van der Waals surface area contributed by atoms with Crippen molar-refractivity contribution in [2.45, 2.75) is 44.9 Å². The van der Waals surface area contributed by atoms with Crippen LogP contribution in [0.2, 0.25) is 5.02 Å². The number of hydrogen-bond acceptors (Lipinski definition) is 11. The van der Waals surface area contributed by atoms with Gasteiger partial charge in [-0.25, -0.2) is 9.78 Å². The first-order chi connectivity index (χ1) is 19.4. The highest BCUT2D eigenvalue weighted by atomic mass is 35.5. The van der Waals surface area contributed by atoms with Gasteiger partial charge in [-0.15, -0.1) is 5.10 Å². The quantitative estimate of drug-likeness (QED) is 0.248. The Morgan fingerprint density at radius 2 is 2.07 bits per heavy atom. The Morgan fingerprint density at radius 3 is 2.71 bits per heavy atom. The molecule has 3 aromatic rings. The first-order valence-corrected chi connectivity index (χ1v) is 13.4. The standard InChI is InChI=1S/C26H32ClN11O3/c1-5-30-22-23-31-12-16(11-29)38(23)35-24(34-22)33-17-8-15(10-28)9-20(21(17)27)37-7-6-19(36(4)25(39)40)18(13-37)32-14-26(2,3)41/h8-9,12,18-19,32,41H,5-7,13-14H2,1-4H3,(H,39,40)(H2,30,33,34,35)/t18-,19+/m0/s1. The number of aliphatic hydroxyl groups is 1. The fraction of sp³-hybridized carbons (Fsp3) is 0.462. The maximum atomic E-state index is 11.8. The number of amides is 1. The Labute approximate surface area is 242 Å². The molecule has 4 rings (SSSR count). The monoisotopic (exact) mass is 581 g/mol. The van der Waals surface area contributed by atoms with Gasteiger partial charge in [0.25, 0.3) is 0 Å². The number of carboxylic acid groups (broad SMARTS) is 1. The Bertz CT molecular complexity index is 1520. The molecule has 2 aromatic heterocycles. The maximum Gasteiger partial charge on any atom is 0.407 e. The molecule has 1 aliphatic heterocycles. The highest BCUT2D eigenvalue weighted by molar-refractivity contribution is 6.36. The lowest BCUT2D eigenvalue weighted by molar-refractivity contribution is 0.0673. The van der Waals surface area contributed by atoms with Crippen molar-refractivity contribution in [3.8, 4) is 12.1 Å². The highest BCUT2D eigenvalue weighted by Crippen LogP contribution is 2.37. The fourth-order valence-corrected chi connectivity index (χ4v) is 5.03. The van der Waals surface area contributed by atoms with Crippen LogP contribution in [0.5, 0.6) is 0 Å². The summed E-state index contributed by atoms with van der Waals surface area (Å²) in [6.07, 6.45) is 0.857. The number of halogens is 1. The van der Waals surface area contributed by atoms with Crippen molar-refractivity contribution in [3.05, 3.63) is 34.6 Å². The van der Waals surface area contributed by atoms with E-state index < -0.39 is 11.7 Å². The minimum Gasteiger partial charge on any atom is -0.465 e. The zero-order valence-electron chi connectivity index (χ0n) is 23.2. The molecule has 1 fully saturated rings. The summed E-state index contributed by atoms with van der Waals surface area (Å²) < 4.78 is 1.37. The number of hydrogen-bond donors (Lipinski definition) is 5. The van der Waals surface area contributed by atoms with Gasteiger partial charge in [-0.05, 0) is 39.3 Å². The first-order valence-electron chi connectivity index (χ1n) is 13.0. The Balaban J connectivity index is 1.69. The highest BCUT2D eigenvalue weighted by Gasteiger charge is 2.35. The summed E-state index contributed by atoms with van der Waals surface area (Å²) in [6, 6.07) is 6.81. The first kappa shape index (κ1) is 29.6. The Morgan fingerprint density at radius 1 is 1.32 bits per heavy atom. The van der Waals surface area contributed by atoms with E-state index >= 15 is 0 Å². The van der Waals surface area contributed by atoms with Crippen LogP contribution in [0.1, 0.15) is 38.4 Å². The molecule has 0 spiro atoms. The molecule has 15 heteroatoms. The number of aromatic nitrogens is 4. The molecule has 0 radical (unpaired) electrons. The lowest BCUT2D eigenvalue weighted by Crippen LogP contribution is -2.61. The summed E-state index contributed by atoms with van der Waals surface area (Å²) in [6.45, 7) is 6.91. The number of nitriles is 2. The van der Waals surface area contributed by atoms with Gasteiger partial charge in [-0.2, -0.15) is 20.0 Å². The number of likely N-dealkylation sites (N-methyl/N-ethyl adjacent to an activating group) is 1. The Kier molecular flexibility index (Phi) is 8.68. The molecule has 1 amide bonds. The predicted molar refractivity (Wildman–Crippen MR) is 154 cm³/mol. The molecule has 14 nitrogen and oxygen atoms in total. The SMILES string of the molecule is CCNc1nc(Nc2cc(C#N)cc(N3CC[C@@H](N(C)C(=O)O)[C@@H](NCC(C)(C)O)C3)c2Cl)nn2c(C#N)cnc12. The molecule has 0 bridgehead atoms. The second kappa shape index (κ2) is 12.0. The average molecular weight is 582 g/mol. The molecule has 216 valence electrons. The van der Waals surface area contributed by atoms with Crippen LogP contribution in [0.3, 0.4) is 0 Å². The summed E-state index contributed by atoms with van der Waals surface area (Å²) in [5.74, 6) is 0.557. The molecule has 5 N–H and O–H groups in total. The fourth-order valence-electron chi connectivity index (χ4n) is 4.76. The van der Waals surface area contributed by atoms with Crippen molar-refractivity contribution in [3.63, 3.8) is 0 Å². The minimum absolute atomic E-state index is 0.136. The largest absolute Gasteiger partial charge is 0.465 e. The smallest absolute Gasteiger partial charge is 0.407 e. The van der Waals surface area contributed by atoms with Gasteiger partial charge in [-0.1, -0.05) is 11.6 Å².